The van der Waals surface area contributed by atoms with Crippen LogP contribution in [0.2, 0.25) is 0 Å². The molecule has 2 rings (SSSR count). The van der Waals surface area contributed by atoms with Crippen molar-refractivity contribution in [2.75, 3.05) is 31.2 Å². The van der Waals surface area contributed by atoms with Gasteiger partial charge in [-0.25, -0.2) is 0 Å². The van der Waals surface area contributed by atoms with Gasteiger partial charge in [0.25, 0.3) is 0 Å². The summed E-state index contributed by atoms with van der Waals surface area (Å²) in [5, 5.41) is 0. The molecule has 0 bridgehead atoms. The van der Waals surface area contributed by atoms with Crippen molar-refractivity contribution in [3.05, 3.63) is 24.5 Å². The normalized spacial score (nSPS) is 17.1. The van der Waals surface area contributed by atoms with Crippen LogP contribution in [-0.4, -0.2) is 31.3 Å². The van der Waals surface area contributed by atoms with Crippen LogP contribution in [0.15, 0.2) is 24.5 Å². The lowest BCUT2D eigenvalue weighted by Crippen LogP contribution is -2.35. The molecule has 18 heavy (non-hydrogen) atoms. The van der Waals surface area contributed by atoms with Crippen molar-refractivity contribution in [2.24, 2.45) is 11.8 Å². The van der Waals surface area contributed by atoms with Gasteiger partial charge in [0.2, 0.25) is 0 Å². The van der Waals surface area contributed by atoms with Crippen LogP contribution in [0, 0.1) is 11.8 Å². The van der Waals surface area contributed by atoms with Crippen LogP contribution in [-0.2, 0) is 4.74 Å². The summed E-state index contributed by atoms with van der Waals surface area (Å²) in [4.78, 5) is 6.72. The molecule has 2 heterocycles. The molecular weight excluding hydrogens is 224 g/mol. The summed E-state index contributed by atoms with van der Waals surface area (Å²) in [5.41, 5.74) is 1.25. The van der Waals surface area contributed by atoms with Crippen molar-refractivity contribution < 1.29 is 4.74 Å². The number of aromatic nitrogens is 1. The summed E-state index contributed by atoms with van der Waals surface area (Å²) in [6, 6.07) is 4.18. The summed E-state index contributed by atoms with van der Waals surface area (Å²) in [6.07, 6.45) is 6.19. The zero-order valence-corrected chi connectivity index (χ0v) is 11.5. The van der Waals surface area contributed by atoms with Gasteiger partial charge in [-0.2, -0.15) is 0 Å². The van der Waals surface area contributed by atoms with Gasteiger partial charge < -0.3 is 9.64 Å². The predicted molar refractivity (Wildman–Crippen MR) is 74.8 cm³/mol. The van der Waals surface area contributed by atoms with E-state index >= 15 is 0 Å². The largest absolute Gasteiger partial charge is 0.381 e. The molecule has 100 valence electrons. The van der Waals surface area contributed by atoms with Crippen LogP contribution in [0.25, 0.3) is 0 Å². The highest BCUT2D eigenvalue weighted by molar-refractivity contribution is 5.43. The molecule has 0 spiro atoms. The van der Waals surface area contributed by atoms with E-state index in [-0.39, 0.29) is 0 Å². The molecule has 0 atom stereocenters. The molecule has 1 aliphatic heterocycles. The van der Waals surface area contributed by atoms with E-state index in [4.69, 9.17) is 4.74 Å². The lowest BCUT2D eigenvalue weighted by atomic mass is 9.99. The minimum atomic E-state index is 0.671. The van der Waals surface area contributed by atoms with Gasteiger partial charge in [-0.15, -0.1) is 0 Å². The first kappa shape index (κ1) is 13.3. The lowest BCUT2D eigenvalue weighted by molar-refractivity contribution is 0.0681. The van der Waals surface area contributed by atoms with Gasteiger partial charge in [0, 0.05) is 32.5 Å². The predicted octanol–water partition coefficient (Wildman–Crippen LogP) is 2.97. The number of rotatable bonds is 5. The van der Waals surface area contributed by atoms with E-state index in [0.29, 0.717) is 5.92 Å². The van der Waals surface area contributed by atoms with Gasteiger partial charge >= 0.3 is 0 Å². The molecule has 0 amide bonds. The second-order valence-electron chi connectivity index (χ2n) is 5.57. The zero-order chi connectivity index (χ0) is 12.8. The van der Waals surface area contributed by atoms with Crippen LogP contribution in [0.4, 0.5) is 5.69 Å². The zero-order valence-electron chi connectivity index (χ0n) is 11.5. The van der Waals surface area contributed by atoms with Crippen LogP contribution < -0.4 is 4.90 Å². The van der Waals surface area contributed by atoms with E-state index in [9.17, 15) is 0 Å². The summed E-state index contributed by atoms with van der Waals surface area (Å²) in [7, 11) is 0. The molecule has 0 saturated carbocycles. The van der Waals surface area contributed by atoms with Crippen LogP contribution >= 0.6 is 0 Å². The molecule has 0 aromatic carbocycles. The molecule has 1 aromatic rings. The van der Waals surface area contributed by atoms with Crippen molar-refractivity contribution >= 4 is 5.69 Å². The van der Waals surface area contributed by atoms with E-state index < -0.39 is 0 Å². The van der Waals surface area contributed by atoms with Crippen LogP contribution in [0.3, 0.4) is 0 Å². The highest BCUT2D eigenvalue weighted by atomic mass is 16.5. The second kappa shape index (κ2) is 6.74. The van der Waals surface area contributed by atoms with Gasteiger partial charge in [0.15, 0.2) is 0 Å². The fourth-order valence-electron chi connectivity index (χ4n) is 2.51. The smallest absolute Gasteiger partial charge is 0.0552 e. The number of hydrogen-bond acceptors (Lipinski definition) is 3. The van der Waals surface area contributed by atoms with Gasteiger partial charge in [-0.3, -0.25) is 4.98 Å². The van der Waals surface area contributed by atoms with Crippen LogP contribution in [0.5, 0.6) is 0 Å². The minimum absolute atomic E-state index is 0.671. The highest BCUT2D eigenvalue weighted by Crippen LogP contribution is 2.21. The molecule has 1 aliphatic rings. The lowest BCUT2D eigenvalue weighted by Gasteiger charge is -2.32. The quantitative estimate of drug-likeness (QED) is 0.801. The third-order valence-corrected chi connectivity index (χ3v) is 3.42. The number of anilines is 1. The molecule has 1 fully saturated rings. The van der Waals surface area contributed by atoms with Crippen molar-refractivity contribution in [1.29, 1.82) is 0 Å². The van der Waals surface area contributed by atoms with Gasteiger partial charge in [0.1, 0.15) is 0 Å². The van der Waals surface area contributed by atoms with Gasteiger partial charge in [0.05, 0.1) is 11.9 Å². The first-order valence-electron chi connectivity index (χ1n) is 6.98. The van der Waals surface area contributed by atoms with E-state index in [1.807, 2.05) is 18.5 Å². The summed E-state index contributed by atoms with van der Waals surface area (Å²) >= 11 is 0. The van der Waals surface area contributed by atoms with Crippen molar-refractivity contribution in [3.63, 3.8) is 0 Å². The maximum Gasteiger partial charge on any atom is 0.0552 e. The Bertz CT molecular complexity index is 334. The molecule has 0 unspecified atom stereocenters. The Morgan fingerprint density at radius 3 is 2.78 bits per heavy atom. The molecule has 3 nitrogen and oxygen atoms in total. The molecular formula is C15H24N2O. The highest BCUT2D eigenvalue weighted by Gasteiger charge is 2.18. The fraction of sp³-hybridized carbons (Fsp3) is 0.667. The van der Waals surface area contributed by atoms with Crippen molar-refractivity contribution in [1.82, 2.24) is 4.98 Å². The third kappa shape index (κ3) is 3.98. The van der Waals surface area contributed by atoms with Crippen molar-refractivity contribution in [3.8, 4) is 0 Å². The second-order valence-corrected chi connectivity index (χ2v) is 5.57. The topological polar surface area (TPSA) is 25.4 Å². The Morgan fingerprint density at radius 2 is 2.17 bits per heavy atom. The summed E-state index contributed by atoms with van der Waals surface area (Å²) < 4.78 is 5.44. The molecule has 0 aliphatic carbocycles. The average molecular weight is 248 g/mol. The number of pyridine rings is 1. The monoisotopic (exact) mass is 248 g/mol. The number of hydrogen-bond donors (Lipinski definition) is 0. The SMILES string of the molecule is CC(C)CN(CC1CCOCC1)c1cccnc1. The maximum absolute atomic E-state index is 5.44. The Hall–Kier alpha value is -1.09. The average Bonchev–Trinajstić information content (AvgIpc) is 2.40. The van der Waals surface area contributed by atoms with E-state index in [2.05, 4.69) is 29.8 Å². The summed E-state index contributed by atoms with van der Waals surface area (Å²) in [5.74, 6) is 1.43. The molecule has 0 radical (unpaired) electrons. The maximum atomic E-state index is 5.44. The number of ether oxygens (including phenoxy) is 1. The third-order valence-electron chi connectivity index (χ3n) is 3.42. The fourth-order valence-corrected chi connectivity index (χ4v) is 2.51. The molecule has 1 aromatic heterocycles. The first-order chi connectivity index (χ1) is 8.75. The van der Waals surface area contributed by atoms with Crippen LogP contribution in [0.1, 0.15) is 26.7 Å². The standard InChI is InChI=1S/C15H24N2O/c1-13(2)11-17(15-4-3-7-16-10-15)12-14-5-8-18-9-6-14/h3-4,7,10,13-14H,5-6,8-9,11-12H2,1-2H3. The molecule has 3 heteroatoms. The Labute approximate surface area is 110 Å². The molecule has 0 N–H and O–H groups in total. The van der Waals surface area contributed by atoms with E-state index in [1.165, 1.54) is 18.5 Å². The van der Waals surface area contributed by atoms with Gasteiger partial charge in [-0.1, -0.05) is 13.8 Å². The number of nitrogens with zero attached hydrogens (tertiary/aromatic N) is 2. The Balaban J connectivity index is 2.00. The molecule has 1 saturated heterocycles. The minimum Gasteiger partial charge on any atom is -0.381 e. The Morgan fingerprint density at radius 1 is 1.39 bits per heavy atom. The summed E-state index contributed by atoms with van der Waals surface area (Å²) in [6.45, 7) is 8.62. The van der Waals surface area contributed by atoms with Gasteiger partial charge in [-0.05, 0) is 36.8 Å². The van der Waals surface area contributed by atoms with Crippen molar-refractivity contribution in [2.45, 2.75) is 26.7 Å². The Kier molecular flexibility index (Phi) is 5.00. The van der Waals surface area contributed by atoms with E-state index in [1.54, 1.807) is 0 Å². The first-order valence-corrected chi connectivity index (χ1v) is 6.98. The van der Waals surface area contributed by atoms with E-state index in [0.717, 1.165) is 32.2 Å².